The van der Waals surface area contributed by atoms with Gasteiger partial charge in [0.1, 0.15) is 0 Å². The lowest BCUT2D eigenvalue weighted by atomic mass is 9.82. The second kappa shape index (κ2) is 5.07. The summed E-state index contributed by atoms with van der Waals surface area (Å²) in [6, 6.07) is 12.8. The van der Waals surface area contributed by atoms with Crippen LogP contribution in [0.15, 0.2) is 36.4 Å². The van der Waals surface area contributed by atoms with Gasteiger partial charge in [0.05, 0.1) is 5.52 Å². The Labute approximate surface area is 108 Å². The molecule has 2 unspecified atom stereocenters. The summed E-state index contributed by atoms with van der Waals surface area (Å²) in [5.41, 5.74) is 2.41. The van der Waals surface area contributed by atoms with Crippen molar-refractivity contribution in [1.29, 1.82) is 0 Å². The van der Waals surface area contributed by atoms with Crippen LogP contribution in [0.5, 0.6) is 0 Å². The molecule has 1 aliphatic rings. The maximum atomic E-state index is 4.87. The Morgan fingerprint density at radius 2 is 2.11 bits per heavy atom. The fraction of sp³-hybridized carbons (Fsp3) is 0.438. The number of nitrogens with zero attached hydrogens (tertiary/aromatic N) is 1. The van der Waals surface area contributed by atoms with Crippen LogP contribution in [-0.2, 0) is 0 Å². The van der Waals surface area contributed by atoms with Crippen LogP contribution in [0.2, 0.25) is 0 Å². The van der Waals surface area contributed by atoms with Crippen LogP contribution in [0.4, 0.5) is 0 Å². The summed E-state index contributed by atoms with van der Waals surface area (Å²) in [4.78, 5) is 4.87. The number of piperidine rings is 1. The fourth-order valence-electron chi connectivity index (χ4n) is 3.03. The Bertz CT molecular complexity index is 535. The average molecular weight is 240 g/mol. The molecule has 1 aliphatic heterocycles. The molecule has 0 amide bonds. The van der Waals surface area contributed by atoms with Crippen LogP contribution in [0.1, 0.15) is 31.4 Å². The van der Waals surface area contributed by atoms with E-state index in [0.717, 1.165) is 24.5 Å². The van der Waals surface area contributed by atoms with Gasteiger partial charge in [-0.05, 0) is 37.6 Å². The van der Waals surface area contributed by atoms with Gasteiger partial charge in [0.25, 0.3) is 0 Å². The van der Waals surface area contributed by atoms with Crippen molar-refractivity contribution in [2.45, 2.75) is 25.7 Å². The Kier molecular flexibility index (Phi) is 3.28. The second-order valence-electron chi connectivity index (χ2n) is 5.20. The molecular formula is C16H20N2. The molecule has 3 rings (SSSR count). The third kappa shape index (κ3) is 2.13. The molecule has 0 spiro atoms. The lowest BCUT2D eigenvalue weighted by Gasteiger charge is -2.31. The van der Waals surface area contributed by atoms with Crippen LogP contribution in [0, 0.1) is 5.92 Å². The standard InChI is InChI=1S/C16H20N2/c1-2-12-11-17-10-9-14(12)16-8-7-13-5-3-4-6-15(13)18-16/h3-8,12,14,17H,2,9-11H2,1H3. The predicted molar refractivity (Wildman–Crippen MR) is 75.8 cm³/mol. The molecule has 2 heteroatoms. The van der Waals surface area contributed by atoms with Gasteiger partial charge in [0.15, 0.2) is 0 Å². The largest absolute Gasteiger partial charge is 0.316 e. The van der Waals surface area contributed by atoms with E-state index in [1.807, 2.05) is 0 Å². The Morgan fingerprint density at radius 3 is 3.00 bits per heavy atom. The molecule has 0 aliphatic carbocycles. The van der Waals surface area contributed by atoms with E-state index in [1.165, 1.54) is 23.9 Å². The van der Waals surface area contributed by atoms with Gasteiger partial charge < -0.3 is 5.32 Å². The van der Waals surface area contributed by atoms with Crippen molar-refractivity contribution in [3.8, 4) is 0 Å². The maximum absolute atomic E-state index is 4.87. The van der Waals surface area contributed by atoms with Crippen LogP contribution in [0.25, 0.3) is 10.9 Å². The first-order valence-electron chi connectivity index (χ1n) is 6.95. The molecule has 18 heavy (non-hydrogen) atoms. The Hall–Kier alpha value is -1.41. The molecule has 1 aromatic heterocycles. The molecule has 0 bridgehead atoms. The number of benzene rings is 1. The van der Waals surface area contributed by atoms with Crippen molar-refractivity contribution in [3.05, 3.63) is 42.1 Å². The second-order valence-corrected chi connectivity index (χ2v) is 5.20. The number of pyridine rings is 1. The van der Waals surface area contributed by atoms with Gasteiger partial charge in [-0.15, -0.1) is 0 Å². The van der Waals surface area contributed by atoms with E-state index in [4.69, 9.17) is 4.98 Å². The normalized spacial score (nSPS) is 24.3. The molecular weight excluding hydrogens is 220 g/mol. The van der Waals surface area contributed by atoms with Crippen LogP contribution in [0.3, 0.4) is 0 Å². The first kappa shape index (κ1) is 11.7. The molecule has 2 atom stereocenters. The van der Waals surface area contributed by atoms with Gasteiger partial charge in [-0.3, -0.25) is 4.98 Å². The number of rotatable bonds is 2. The zero-order valence-electron chi connectivity index (χ0n) is 10.9. The number of nitrogens with one attached hydrogen (secondary N) is 1. The van der Waals surface area contributed by atoms with E-state index >= 15 is 0 Å². The lowest BCUT2D eigenvalue weighted by molar-refractivity contribution is 0.313. The molecule has 2 aromatic rings. The molecule has 1 fully saturated rings. The fourth-order valence-corrected chi connectivity index (χ4v) is 3.03. The Balaban J connectivity index is 1.97. The van der Waals surface area contributed by atoms with Crippen molar-refractivity contribution in [3.63, 3.8) is 0 Å². The zero-order valence-corrected chi connectivity index (χ0v) is 10.9. The first-order chi connectivity index (χ1) is 8.88. The van der Waals surface area contributed by atoms with Crippen molar-refractivity contribution in [2.24, 2.45) is 5.92 Å². The lowest BCUT2D eigenvalue weighted by Crippen LogP contribution is -2.35. The minimum atomic E-state index is 0.626. The summed E-state index contributed by atoms with van der Waals surface area (Å²) >= 11 is 0. The summed E-state index contributed by atoms with van der Waals surface area (Å²) in [5.74, 6) is 1.35. The quantitative estimate of drug-likeness (QED) is 0.871. The number of hydrogen-bond donors (Lipinski definition) is 1. The van der Waals surface area contributed by atoms with E-state index in [0.29, 0.717) is 5.92 Å². The molecule has 0 radical (unpaired) electrons. The highest BCUT2D eigenvalue weighted by Gasteiger charge is 2.25. The molecule has 0 saturated carbocycles. The first-order valence-corrected chi connectivity index (χ1v) is 6.95. The summed E-state index contributed by atoms with van der Waals surface area (Å²) < 4.78 is 0. The van der Waals surface area contributed by atoms with Gasteiger partial charge in [-0.1, -0.05) is 37.6 Å². The zero-order chi connectivity index (χ0) is 12.4. The van der Waals surface area contributed by atoms with E-state index in [9.17, 15) is 0 Å². The summed E-state index contributed by atoms with van der Waals surface area (Å²) in [7, 11) is 0. The predicted octanol–water partition coefficient (Wildman–Crippen LogP) is 3.34. The van der Waals surface area contributed by atoms with Crippen molar-refractivity contribution in [2.75, 3.05) is 13.1 Å². The Morgan fingerprint density at radius 1 is 1.22 bits per heavy atom. The van der Waals surface area contributed by atoms with E-state index in [1.54, 1.807) is 0 Å². The molecule has 2 nitrogen and oxygen atoms in total. The molecule has 94 valence electrons. The van der Waals surface area contributed by atoms with Crippen LogP contribution in [-0.4, -0.2) is 18.1 Å². The van der Waals surface area contributed by atoms with Gasteiger partial charge in [0, 0.05) is 17.0 Å². The molecule has 1 saturated heterocycles. The van der Waals surface area contributed by atoms with Crippen molar-refractivity contribution >= 4 is 10.9 Å². The molecule has 1 N–H and O–H groups in total. The highest BCUT2D eigenvalue weighted by molar-refractivity contribution is 5.78. The SMILES string of the molecule is CCC1CNCCC1c1ccc2ccccc2n1. The minimum absolute atomic E-state index is 0.626. The number of fused-ring (bicyclic) bond motifs is 1. The number of para-hydroxylation sites is 1. The van der Waals surface area contributed by atoms with Gasteiger partial charge in [-0.2, -0.15) is 0 Å². The van der Waals surface area contributed by atoms with Crippen LogP contribution >= 0.6 is 0 Å². The molecule has 1 aromatic carbocycles. The van der Waals surface area contributed by atoms with Crippen molar-refractivity contribution in [1.82, 2.24) is 10.3 Å². The highest BCUT2D eigenvalue weighted by atomic mass is 14.9. The van der Waals surface area contributed by atoms with Gasteiger partial charge >= 0.3 is 0 Å². The number of aromatic nitrogens is 1. The smallest absolute Gasteiger partial charge is 0.0705 e. The highest BCUT2D eigenvalue weighted by Crippen LogP contribution is 2.31. The average Bonchev–Trinajstić information content (AvgIpc) is 2.46. The topological polar surface area (TPSA) is 24.9 Å². The summed E-state index contributed by atoms with van der Waals surface area (Å²) in [6.45, 7) is 4.54. The molecule has 2 heterocycles. The summed E-state index contributed by atoms with van der Waals surface area (Å²) in [6.07, 6.45) is 2.44. The van der Waals surface area contributed by atoms with E-state index in [2.05, 4.69) is 48.6 Å². The monoisotopic (exact) mass is 240 g/mol. The minimum Gasteiger partial charge on any atom is -0.316 e. The maximum Gasteiger partial charge on any atom is 0.0705 e. The number of hydrogen-bond acceptors (Lipinski definition) is 2. The van der Waals surface area contributed by atoms with Gasteiger partial charge in [-0.25, -0.2) is 0 Å². The van der Waals surface area contributed by atoms with Gasteiger partial charge in [0.2, 0.25) is 0 Å². The third-order valence-corrected chi connectivity index (χ3v) is 4.13. The van der Waals surface area contributed by atoms with E-state index in [-0.39, 0.29) is 0 Å². The summed E-state index contributed by atoms with van der Waals surface area (Å²) in [5, 5.41) is 4.73. The third-order valence-electron chi connectivity index (χ3n) is 4.13. The van der Waals surface area contributed by atoms with Crippen molar-refractivity contribution < 1.29 is 0 Å². The van der Waals surface area contributed by atoms with Crippen LogP contribution < -0.4 is 5.32 Å². The van der Waals surface area contributed by atoms with E-state index < -0.39 is 0 Å².